The van der Waals surface area contributed by atoms with Crippen molar-refractivity contribution in [1.82, 2.24) is 0 Å². The number of rotatable bonds is 6. The Morgan fingerprint density at radius 1 is 1.21 bits per heavy atom. The summed E-state index contributed by atoms with van der Waals surface area (Å²) < 4.78 is 10.9. The third kappa shape index (κ3) is 4.63. The van der Waals surface area contributed by atoms with E-state index in [1.54, 1.807) is 43.5 Å². The van der Waals surface area contributed by atoms with Gasteiger partial charge in [-0.25, -0.2) is 0 Å². The molecule has 0 saturated carbocycles. The van der Waals surface area contributed by atoms with Gasteiger partial charge in [0, 0.05) is 11.1 Å². The Hall–Kier alpha value is -1.75. The van der Waals surface area contributed by atoms with Crippen molar-refractivity contribution in [3.63, 3.8) is 0 Å². The molecule has 0 fully saturated rings. The second-order valence-electron chi connectivity index (χ2n) is 5.44. The Labute approximate surface area is 151 Å². The molecule has 2 aromatic rings. The van der Waals surface area contributed by atoms with E-state index in [2.05, 4.69) is 5.32 Å². The van der Waals surface area contributed by atoms with Gasteiger partial charge in [0.05, 0.1) is 35.6 Å². The quantitative estimate of drug-likeness (QED) is 0.764. The third-order valence-corrected chi connectivity index (χ3v) is 4.13. The van der Waals surface area contributed by atoms with Crippen LogP contribution < -0.4 is 10.1 Å². The fraction of sp³-hybridized carbons (Fsp3) is 0.278. The number of hydrogen-bond donors (Lipinski definition) is 1. The predicted octanol–water partition coefficient (Wildman–Crippen LogP) is 5.18. The van der Waals surface area contributed by atoms with Crippen molar-refractivity contribution in [2.75, 3.05) is 12.4 Å². The molecule has 2 rings (SSSR count). The molecule has 0 aromatic heterocycles. The Bertz CT molecular complexity index is 732. The van der Waals surface area contributed by atoms with Gasteiger partial charge in [-0.2, -0.15) is 0 Å². The van der Waals surface area contributed by atoms with Gasteiger partial charge in [-0.05, 0) is 44.2 Å². The van der Waals surface area contributed by atoms with Crippen LogP contribution in [0.1, 0.15) is 29.8 Å². The van der Waals surface area contributed by atoms with Gasteiger partial charge in [0.25, 0.3) is 5.91 Å². The van der Waals surface area contributed by atoms with E-state index in [9.17, 15) is 4.79 Å². The van der Waals surface area contributed by atoms with Crippen LogP contribution in [0, 0.1) is 0 Å². The van der Waals surface area contributed by atoms with Gasteiger partial charge in [0.2, 0.25) is 0 Å². The first-order valence-corrected chi connectivity index (χ1v) is 8.22. The molecular weight excluding hydrogens is 349 g/mol. The summed E-state index contributed by atoms with van der Waals surface area (Å²) in [4.78, 5) is 12.5. The van der Waals surface area contributed by atoms with Gasteiger partial charge >= 0.3 is 0 Å². The average Bonchev–Trinajstić information content (AvgIpc) is 2.56. The minimum absolute atomic E-state index is 0.0810. The largest absolute Gasteiger partial charge is 0.496 e. The van der Waals surface area contributed by atoms with Crippen LogP contribution >= 0.6 is 23.2 Å². The number of hydrogen-bond acceptors (Lipinski definition) is 3. The molecule has 0 unspecified atom stereocenters. The third-order valence-electron chi connectivity index (χ3n) is 3.31. The first-order chi connectivity index (χ1) is 11.4. The molecule has 24 heavy (non-hydrogen) atoms. The molecule has 128 valence electrons. The van der Waals surface area contributed by atoms with Gasteiger partial charge < -0.3 is 14.8 Å². The summed E-state index contributed by atoms with van der Waals surface area (Å²) in [6.07, 6.45) is 0.0810. The summed E-state index contributed by atoms with van der Waals surface area (Å²) in [7, 11) is 1.58. The van der Waals surface area contributed by atoms with Crippen LogP contribution in [-0.2, 0) is 11.3 Å². The molecule has 0 aliphatic heterocycles. The normalized spacial score (nSPS) is 10.8. The van der Waals surface area contributed by atoms with Crippen LogP contribution in [0.2, 0.25) is 10.0 Å². The van der Waals surface area contributed by atoms with Crippen LogP contribution in [0.15, 0.2) is 36.4 Å². The van der Waals surface area contributed by atoms with Crippen molar-refractivity contribution >= 4 is 34.8 Å². The molecule has 1 N–H and O–H groups in total. The lowest BCUT2D eigenvalue weighted by atomic mass is 10.1. The summed E-state index contributed by atoms with van der Waals surface area (Å²) in [6.45, 7) is 4.26. The Morgan fingerprint density at radius 3 is 2.62 bits per heavy atom. The molecule has 2 aromatic carbocycles. The van der Waals surface area contributed by atoms with E-state index in [0.29, 0.717) is 33.7 Å². The van der Waals surface area contributed by atoms with Crippen LogP contribution in [-0.4, -0.2) is 19.1 Å². The molecule has 0 spiro atoms. The zero-order valence-electron chi connectivity index (χ0n) is 13.7. The zero-order chi connectivity index (χ0) is 17.7. The van der Waals surface area contributed by atoms with Gasteiger partial charge in [-0.15, -0.1) is 0 Å². The molecule has 0 aliphatic rings. The molecule has 0 atom stereocenters. The monoisotopic (exact) mass is 367 g/mol. The minimum Gasteiger partial charge on any atom is -0.496 e. The van der Waals surface area contributed by atoms with Crippen LogP contribution in [0.5, 0.6) is 5.75 Å². The van der Waals surface area contributed by atoms with Gasteiger partial charge in [0.15, 0.2) is 0 Å². The number of carbonyl (C=O) groups excluding carboxylic acids is 1. The lowest BCUT2D eigenvalue weighted by Gasteiger charge is -2.13. The van der Waals surface area contributed by atoms with Crippen LogP contribution in [0.3, 0.4) is 0 Å². The van der Waals surface area contributed by atoms with E-state index >= 15 is 0 Å². The van der Waals surface area contributed by atoms with Gasteiger partial charge in [-0.1, -0.05) is 29.3 Å². The molecule has 0 radical (unpaired) electrons. The number of carbonyl (C=O) groups is 1. The summed E-state index contributed by atoms with van der Waals surface area (Å²) >= 11 is 12.1. The maximum Gasteiger partial charge on any atom is 0.255 e. The van der Waals surface area contributed by atoms with E-state index in [-0.39, 0.29) is 12.0 Å². The SMILES string of the molecule is COc1ccc(C(=O)Nc2cccc(Cl)c2Cl)cc1COC(C)C. The van der Waals surface area contributed by atoms with E-state index < -0.39 is 0 Å². The highest BCUT2D eigenvalue weighted by molar-refractivity contribution is 6.44. The van der Waals surface area contributed by atoms with E-state index in [0.717, 1.165) is 5.56 Å². The molecule has 0 bridgehead atoms. The number of amides is 1. The van der Waals surface area contributed by atoms with Gasteiger partial charge in [0.1, 0.15) is 5.75 Å². The summed E-state index contributed by atoms with van der Waals surface area (Å²) in [5, 5.41) is 3.45. The number of methoxy groups -OCH3 is 1. The fourth-order valence-electron chi connectivity index (χ4n) is 2.08. The Balaban J connectivity index is 2.22. The molecule has 0 aliphatic carbocycles. The number of nitrogens with one attached hydrogen (secondary N) is 1. The first-order valence-electron chi connectivity index (χ1n) is 7.46. The number of anilines is 1. The second kappa shape index (κ2) is 8.38. The first kappa shape index (κ1) is 18.6. The highest BCUT2D eigenvalue weighted by atomic mass is 35.5. The summed E-state index contributed by atoms with van der Waals surface area (Å²) in [5.41, 5.74) is 1.75. The van der Waals surface area contributed by atoms with Crippen LogP contribution in [0.4, 0.5) is 5.69 Å². The average molecular weight is 368 g/mol. The maximum absolute atomic E-state index is 12.5. The van der Waals surface area contributed by atoms with E-state index in [1.165, 1.54) is 0 Å². The van der Waals surface area contributed by atoms with Crippen LogP contribution in [0.25, 0.3) is 0 Å². The lowest BCUT2D eigenvalue weighted by molar-refractivity contribution is 0.0644. The zero-order valence-corrected chi connectivity index (χ0v) is 15.2. The predicted molar refractivity (Wildman–Crippen MR) is 97.3 cm³/mol. The van der Waals surface area contributed by atoms with Crippen molar-refractivity contribution in [1.29, 1.82) is 0 Å². The fourth-order valence-corrected chi connectivity index (χ4v) is 2.43. The number of ether oxygens (including phenoxy) is 2. The summed E-state index contributed by atoms with van der Waals surface area (Å²) in [5.74, 6) is 0.389. The summed E-state index contributed by atoms with van der Waals surface area (Å²) in [6, 6.07) is 10.3. The second-order valence-corrected chi connectivity index (χ2v) is 6.23. The van der Waals surface area contributed by atoms with Crippen molar-refractivity contribution in [3.05, 3.63) is 57.6 Å². The molecule has 0 saturated heterocycles. The molecular formula is C18H19Cl2NO3. The van der Waals surface area contributed by atoms with Crippen molar-refractivity contribution in [3.8, 4) is 5.75 Å². The smallest absolute Gasteiger partial charge is 0.255 e. The Kier molecular flexibility index (Phi) is 6.49. The topological polar surface area (TPSA) is 47.6 Å². The van der Waals surface area contributed by atoms with E-state index in [4.69, 9.17) is 32.7 Å². The molecule has 1 amide bonds. The molecule has 4 nitrogen and oxygen atoms in total. The van der Waals surface area contributed by atoms with E-state index in [1.807, 2.05) is 13.8 Å². The molecule has 0 heterocycles. The molecule has 6 heteroatoms. The number of halogens is 2. The minimum atomic E-state index is -0.285. The maximum atomic E-state index is 12.5. The highest BCUT2D eigenvalue weighted by Crippen LogP contribution is 2.30. The standard InChI is InChI=1S/C18H19Cl2NO3/c1-11(2)24-10-13-9-12(7-8-16(13)23-3)18(22)21-15-6-4-5-14(19)17(15)20/h4-9,11H,10H2,1-3H3,(H,21,22). The van der Waals surface area contributed by atoms with Crippen molar-refractivity contribution < 1.29 is 14.3 Å². The number of benzene rings is 2. The van der Waals surface area contributed by atoms with Crippen molar-refractivity contribution in [2.24, 2.45) is 0 Å². The van der Waals surface area contributed by atoms with Crippen molar-refractivity contribution in [2.45, 2.75) is 26.6 Å². The van der Waals surface area contributed by atoms with Gasteiger partial charge in [-0.3, -0.25) is 4.79 Å². The highest BCUT2D eigenvalue weighted by Gasteiger charge is 2.13. The lowest BCUT2D eigenvalue weighted by Crippen LogP contribution is -2.13. The Morgan fingerprint density at radius 2 is 1.96 bits per heavy atom.